The number of aromatic nitrogens is 2. The summed E-state index contributed by atoms with van der Waals surface area (Å²) in [6, 6.07) is 15.9. The van der Waals surface area contributed by atoms with Gasteiger partial charge in [-0.3, -0.25) is 14.2 Å². The Bertz CT molecular complexity index is 1420. The minimum atomic E-state index is -0.0599. The molecule has 0 aliphatic carbocycles. The number of carbonyl (C=O) groups is 1. The molecule has 4 aromatic rings. The Morgan fingerprint density at radius 3 is 2.56 bits per heavy atom. The number of hydrogen-bond donors (Lipinski definition) is 0. The molecule has 1 aliphatic heterocycles. The summed E-state index contributed by atoms with van der Waals surface area (Å²) in [4.78, 5) is 34.4. The van der Waals surface area contributed by atoms with Crippen LogP contribution in [-0.4, -0.2) is 34.0 Å². The normalized spacial score (nSPS) is 13.2. The Hall–Kier alpha value is -3.10. The van der Waals surface area contributed by atoms with E-state index in [-0.39, 0.29) is 11.5 Å². The number of hydrogen-bond acceptors (Lipinski definition) is 6. The van der Waals surface area contributed by atoms with Gasteiger partial charge in [0.15, 0.2) is 5.16 Å². The van der Waals surface area contributed by atoms with Crippen LogP contribution in [0, 0.1) is 6.92 Å². The van der Waals surface area contributed by atoms with Crippen molar-refractivity contribution in [3.63, 3.8) is 0 Å². The first-order valence-electron chi connectivity index (χ1n) is 11.1. The van der Waals surface area contributed by atoms with Gasteiger partial charge >= 0.3 is 0 Å². The number of carbonyl (C=O) groups excluding carboxylic acids is 1. The largest absolute Gasteiger partial charge is 0.497 e. The predicted octanol–water partition coefficient (Wildman–Crippen LogP) is 4.96. The van der Waals surface area contributed by atoms with Gasteiger partial charge in [-0.2, -0.15) is 0 Å². The van der Waals surface area contributed by atoms with Crippen molar-refractivity contribution in [2.75, 3.05) is 13.7 Å². The fourth-order valence-electron chi connectivity index (χ4n) is 4.18. The Morgan fingerprint density at radius 1 is 1.15 bits per heavy atom. The first-order chi connectivity index (χ1) is 16.4. The maximum atomic E-state index is 13.9. The van der Waals surface area contributed by atoms with Gasteiger partial charge in [-0.1, -0.05) is 41.6 Å². The van der Waals surface area contributed by atoms with Crippen LogP contribution < -0.4 is 10.3 Å². The molecule has 6 nitrogen and oxygen atoms in total. The van der Waals surface area contributed by atoms with Crippen molar-refractivity contribution in [1.29, 1.82) is 0 Å². The molecule has 0 spiro atoms. The third kappa shape index (κ3) is 4.23. The maximum Gasteiger partial charge on any atom is 0.267 e. The smallest absolute Gasteiger partial charge is 0.267 e. The Balaban J connectivity index is 1.62. The molecule has 0 N–H and O–H groups in total. The molecule has 3 heterocycles. The van der Waals surface area contributed by atoms with Crippen LogP contribution >= 0.6 is 23.1 Å². The van der Waals surface area contributed by atoms with E-state index in [1.165, 1.54) is 22.5 Å². The molecule has 2 aromatic heterocycles. The van der Waals surface area contributed by atoms with Crippen molar-refractivity contribution in [3.8, 4) is 11.4 Å². The summed E-state index contributed by atoms with van der Waals surface area (Å²) in [6.07, 6.45) is 0.671. The molecule has 8 heteroatoms. The minimum Gasteiger partial charge on any atom is -0.497 e. The van der Waals surface area contributed by atoms with Gasteiger partial charge in [-0.05, 0) is 48.7 Å². The number of benzene rings is 2. The zero-order valence-corrected chi connectivity index (χ0v) is 21.0. The fourth-order valence-corrected chi connectivity index (χ4v) is 6.43. The number of thioether (sulfide) groups is 1. The predicted molar refractivity (Wildman–Crippen MR) is 137 cm³/mol. The van der Waals surface area contributed by atoms with Crippen molar-refractivity contribution in [1.82, 2.24) is 14.5 Å². The van der Waals surface area contributed by atoms with Gasteiger partial charge in [-0.25, -0.2) is 4.98 Å². The number of aryl methyl sites for hydroxylation is 1. The number of methoxy groups -OCH3 is 1. The first kappa shape index (κ1) is 22.7. The molecule has 0 unspecified atom stereocenters. The second kappa shape index (κ2) is 9.27. The van der Waals surface area contributed by atoms with Gasteiger partial charge in [0.1, 0.15) is 10.6 Å². The first-order valence-corrected chi connectivity index (χ1v) is 12.9. The second-order valence-corrected chi connectivity index (χ2v) is 10.4. The van der Waals surface area contributed by atoms with Gasteiger partial charge < -0.3 is 9.64 Å². The number of thiophene rings is 1. The number of rotatable bonds is 5. The summed E-state index contributed by atoms with van der Waals surface area (Å²) in [5, 5.41) is 1.34. The van der Waals surface area contributed by atoms with E-state index in [2.05, 4.69) is 31.2 Å². The molecule has 0 radical (unpaired) electrons. The molecule has 0 fully saturated rings. The molecule has 5 rings (SSSR count). The topological polar surface area (TPSA) is 64.4 Å². The Labute approximate surface area is 206 Å². The van der Waals surface area contributed by atoms with E-state index in [1.54, 1.807) is 30.4 Å². The van der Waals surface area contributed by atoms with Crippen molar-refractivity contribution >= 4 is 39.2 Å². The van der Waals surface area contributed by atoms with Crippen LogP contribution in [0.2, 0.25) is 0 Å². The summed E-state index contributed by atoms with van der Waals surface area (Å²) >= 11 is 3.09. The van der Waals surface area contributed by atoms with Crippen LogP contribution in [0.5, 0.6) is 5.75 Å². The minimum absolute atomic E-state index is 0.0565. The molecule has 2 aromatic carbocycles. The average Bonchev–Trinajstić information content (AvgIpc) is 3.21. The van der Waals surface area contributed by atoms with E-state index in [9.17, 15) is 9.59 Å². The number of nitrogens with zero attached hydrogens (tertiary/aromatic N) is 3. The third-order valence-corrected chi connectivity index (χ3v) is 8.23. The monoisotopic (exact) mass is 491 g/mol. The van der Waals surface area contributed by atoms with Crippen LogP contribution in [0.1, 0.15) is 28.5 Å². The zero-order valence-electron chi connectivity index (χ0n) is 19.3. The lowest BCUT2D eigenvalue weighted by molar-refractivity contribution is -0.129. The number of ether oxygens (including phenoxy) is 1. The van der Waals surface area contributed by atoms with Crippen LogP contribution in [0.4, 0.5) is 0 Å². The van der Waals surface area contributed by atoms with E-state index in [1.807, 2.05) is 29.2 Å². The average molecular weight is 492 g/mol. The number of amides is 1. The van der Waals surface area contributed by atoms with E-state index in [0.29, 0.717) is 35.8 Å². The molecular formula is C26H25N3O3S2. The molecule has 34 heavy (non-hydrogen) atoms. The van der Waals surface area contributed by atoms with Crippen LogP contribution in [-0.2, 0) is 23.5 Å². The highest BCUT2D eigenvalue weighted by Gasteiger charge is 2.26. The summed E-state index contributed by atoms with van der Waals surface area (Å²) in [6.45, 7) is 4.83. The van der Waals surface area contributed by atoms with E-state index in [4.69, 9.17) is 9.72 Å². The highest BCUT2D eigenvalue weighted by atomic mass is 32.2. The SMILES string of the molecule is COc1ccc(-n2c(SCc3ccc(C)cc3)nc3sc4c(c3c2=O)CCN(C(C)=O)C4)cc1. The van der Waals surface area contributed by atoms with E-state index in [0.717, 1.165) is 26.7 Å². The summed E-state index contributed by atoms with van der Waals surface area (Å²) in [7, 11) is 1.62. The third-order valence-electron chi connectivity index (χ3n) is 6.11. The highest BCUT2D eigenvalue weighted by Crippen LogP contribution is 2.35. The molecule has 1 amide bonds. The molecular weight excluding hydrogens is 466 g/mol. The van der Waals surface area contributed by atoms with Crippen LogP contribution in [0.15, 0.2) is 58.5 Å². The molecule has 0 bridgehead atoms. The lowest BCUT2D eigenvalue weighted by atomic mass is 10.1. The molecule has 1 aliphatic rings. The summed E-state index contributed by atoms with van der Waals surface area (Å²) in [5.41, 5.74) is 4.12. The molecule has 0 saturated carbocycles. The van der Waals surface area contributed by atoms with Gasteiger partial charge in [0.05, 0.1) is 24.7 Å². The van der Waals surface area contributed by atoms with E-state index < -0.39 is 0 Å². The lowest BCUT2D eigenvalue weighted by Gasteiger charge is -2.25. The lowest BCUT2D eigenvalue weighted by Crippen LogP contribution is -2.34. The van der Waals surface area contributed by atoms with Crippen molar-refractivity contribution in [2.45, 2.75) is 37.7 Å². The molecule has 0 saturated heterocycles. The summed E-state index contributed by atoms with van der Waals surface area (Å²) in [5.74, 6) is 1.50. The molecule has 174 valence electrons. The van der Waals surface area contributed by atoms with Gasteiger partial charge in [0.2, 0.25) is 5.91 Å². The number of fused-ring (bicyclic) bond motifs is 3. The zero-order chi connectivity index (χ0) is 23.8. The van der Waals surface area contributed by atoms with Crippen molar-refractivity contribution in [2.24, 2.45) is 0 Å². The van der Waals surface area contributed by atoms with Crippen LogP contribution in [0.3, 0.4) is 0 Å². The van der Waals surface area contributed by atoms with Crippen molar-refractivity contribution < 1.29 is 9.53 Å². The molecule has 0 atom stereocenters. The quantitative estimate of drug-likeness (QED) is 0.292. The van der Waals surface area contributed by atoms with Crippen molar-refractivity contribution in [3.05, 3.63) is 80.5 Å². The summed E-state index contributed by atoms with van der Waals surface area (Å²) < 4.78 is 7.02. The second-order valence-electron chi connectivity index (χ2n) is 8.38. The van der Waals surface area contributed by atoms with Crippen LogP contribution in [0.25, 0.3) is 15.9 Å². The standard InChI is InChI=1S/C26H25N3O3S2/c1-16-4-6-18(7-5-16)15-33-26-27-24-23(21-12-13-28(17(2)30)14-22(21)34-24)25(31)29(26)19-8-10-20(32-3)11-9-19/h4-11H,12-15H2,1-3H3. The fraction of sp³-hybridized carbons (Fsp3) is 0.269. The van der Waals surface area contributed by atoms with Gasteiger partial charge in [-0.15, -0.1) is 11.3 Å². The van der Waals surface area contributed by atoms with E-state index >= 15 is 0 Å². The highest BCUT2D eigenvalue weighted by molar-refractivity contribution is 7.98. The van der Waals surface area contributed by atoms with Gasteiger partial charge in [0.25, 0.3) is 5.56 Å². The Kier molecular flexibility index (Phi) is 6.18. The van der Waals surface area contributed by atoms with Gasteiger partial charge in [0, 0.05) is 24.1 Å². The maximum absolute atomic E-state index is 13.9. The Morgan fingerprint density at radius 2 is 1.88 bits per heavy atom.